The van der Waals surface area contributed by atoms with Crippen molar-refractivity contribution in [2.75, 3.05) is 13.1 Å². The maximum Gasteiger partial charge on any atom is 0.433 e. The van der Waals surface area contributed by atoms with Gasteiger partial charge in [-0.1, -0.05) is 23.7 Å². The summed E-state index contributed by atoms with van der Waals surface area (Å²) >= 11 is 6.25. The number of rotatable bonds is 4. The minimum Gasteiger partial charge on any atom is -0.330 e. The zero-order valence-electron chi connectivity index (χ0n) is 18.9. The number of benzene rings is 1. The van der Waals surface area contributed by atoms with Gasteiger partial charge in [0.15, 0.2) is 5.69 Å². The molecule has 0 amide bonds. The van der Waals surface area contributed by atoms with Crippen LogP contribution in [0.3, 0.4) is 0 Å². The fourth-order valence-corrected chi connectivity index (χ4v) is 5.87. The van der Waals surface area contributed by atoms with Gasteiger partial charge in [-0.2, -0.15) is 13.2 Å². The molecule has 2 aliphatic carbocycles. The molecule has 2 heterocycles. The van der Waals surface area contributed by atoms with Crippen molar-refractivity contribution < 1.29 is 13.2 Å². The maximum absolute atomic E-state index is 13.8. The van der Waals surface area contributed by atoms with Crippen LogP contribution in [0.15, 0.2) is 24.3 Å². The molecule has 0 atom stereocenters. The van der Waals surface area contributed by atoms with Crippen LogP contribution in [0.4, 0.5) is 13.2 Å². The van der Waals surface area contributed by atoms with Crippen LogP contribution in [-0.4, -0.2) is 33.5 Å². The molecule has 3 aliphatic rings. The lowest BCUT2D eigenvalue weighted by Gasteiger charge is -2.51. The van der Waals surface area contributed by atoms with Gasteiger partial charge in [-0.25, -0.2) is 9.97 Å². The number of nitrogens with zero attached hydrogens (tertiary/aromatic N) is 3. The molecule has 1 aromatic heterocycles. The van der Waals surface area contributed by atoms with Crippen molar-refractivity contribution >= 4 is 11.6 Å². The SMILES string of the molecule is C[C@]1(N2CCc3c(nc(C4CC4)nc3C(F)(F)F)C2)CC[C@](CN)(c2cccc(Cl)c2)CC1. The Morgan fingerprint density at radius 3 is 2.48 bits per heavy atom. The van der Waals surface area contributed by atoms with Crippen LogP contribution in [0.1, 0.15) is 79.7 Å². The average molecular weight is 479 g/mol. The topological polar surface area (TPSA) is 55.0 Å². The third-order valence-electron chi connectivity index (χ3n) is 8.17. The van der Waals surface area contributed by atoms with E-state index in [4.69, 9.17) is 17.3 Å². The van der Waals surface area contributed by atoms with E-state index in [1.165, 1.54) is 5.56 Å². The quantitative estimate of drug-likeness (QED) is 0.620. The normalized spacial score (nSPS) is 28.5. The summed E-state index contributed by atoms with van der Waals surface area (Å²) in [5.41, 5.74) is 7.39. The van der Waals surface area contributed by atoms with Gasteiger partial charge in [-0.05, 0) is 69.6 Å². The van der Waals surface area contributed by atoms with Crippen molar-refractivity contribution in [3.63, 3.8) is 0 Å². The Hall–Kier alpha value is -1.70. The molecule has 0 saturated heterocycles. The standard InChI is InChI=1S/C25H30ClF3N4/c1-23(8-10-24(15-30,11-9-23)17-3-2-4-18(26)13-17)33-12-7-19-20(14-33)31-22(16-5-6-16)32-21(19)25(27,28)29/h2-4,13,16H,5-12,14-15,30H2,1H3/t23-,24-. The summed E-state index contributed by atoms with van der Waals surface area (Å²) < 4.78 is 41.3. The third kappa shape index (κ3) is 4.28. The molecule has 1 aromatic carbocycles. The molecule has 0 bridgehead atoms. The van der Waals surface area contributed by atoms with E-state index < -0.39 is 11.9 Å². The Balaban J connectivity index is 1.38. The molecular weight excluding hydrogens is 449 g/mol. The summed E-state index contributed by atoms with van der Waals surface area (Å²) in [4.78, 5) is 11.0. The fourth-order valence-electron chi connectivity index (χ4n) is 5.68. The monoisotopic (exact) mass is 478 g/mol. The smallest absolute Gasteiger partial charge is 0.330 e. The van der Waals surface area contributed by atoms with E-state index >= 15 is 0 Å². The largest absolute Gasteiger partial charge is 0.433 e. The van der Waals surface area contributed by atoms with E-state index in [0.717, 1.165) is 38.5 Å². The van der Waals surface area contributed by atoms with Crippen molar-refractivity contribution in [2.24, 2.45) is 5.73 Å². The summed E-state index contributed by atoms with van der Waals surface area (Å²) in [7, 11) is 0. The van der Waals surface area contributed by atoms with Crippen molar-refractivity contribution in [2.45, 2.75) is 81.5 Å². The van der Waals surface area contributed by atoms with Crippen LogP contribution >= 0.6 is 11.6 Å². The zero-order chi connectivity index (χ0) is 23.4. The molecule has 178 valence electrons. The highest BCUT2D eigenvalue weighted by atomic mass is 35.5. The zero-order valence-corrected chi connectivity index (χ0v) is 19.6. The van der Waals surface area contributed by atoms with Crippen LogP contribution in [0, 0.1) is 0 Å². The summed E-state index contributed by atoms with van der Waals surface area (Å²) in [5.74, 6) is 0.458. The van der Waals surface area contributed by atoms with Crippen molar-refractivity contribution in [1.29, 1.82) is 0 Å². The molecular formula is C25H30ClF3N4. The Labute approximate surface area is 197 Å². The van der Waals surface area contributed by atoms with Gasteiger partial charge in [0.05, 0.1) is 5.69 Å². The number of fused-ring (bicyclic) bond motifs is 1. The lowest BCUT2D eigenvalue weighted by atomic mass is 9.64. The molecule has 2 N–H and O–H groups in total. The van der Waals surface area contributed by atoms with Crippen LogP contribution in [0.25, 0.3) is 0 Å². The predicted molar refractivity (Wildman–Crippen MR) is 122 cm³/mol. The maximum atomic E-state index is 13.8. The summed E-state index contributed by atoms with van der Waals surface area (Å²) in [6.07, 6.45) is 1.36. The van der Waals surface area contributed by atoms with Crippen molar-refractivity contribution in [1.82, 2.24) is 14.9 Å². The Morgan fingerprint density at radius 1 is 1.15 bits per heavy atom. The van der Waals surface area contributed by atoms with E-state index in [1.807, 2.05) is 18.2 Å². The van der Waals surface area contributed by atoms with E-state index in [0.29, 0.717) is 42.6 Å². The van der Waals surface area contributed by atoms with E-state index in [2.05, 4.69) is 27.9 Å². The van der Waals surface area contributed by atoms with Gasteiger partial charge in [-0.3, -0.25) is 4.90 Å². The summed E-state index contributed by atoms with van der Waals surface area (Å²) in [5, 5.41) is 0.716. The lowest BCUT2D eigenvalue weighted by Crippen LogP contribution is -2.54. The Morgan fingerprint density at radius 2 is 1.88 bits per heavy atom. The molecule has 2 fully saturated rings. The number of nitrogens with two attached hydrogens (primary N) is 1. The predicted octanol–water partition coefficient (Wildman–Crippen LogP) is 5.61. The van der Waals surface area contributed by atoms with Crippen molar-refractivity contribution in [3.05, 3.63) is 57.6 Å². The van der Waals surface area contributed by atoms with Gasteiger partial charge in [0.1, 0.15) is 5.82 Å². The first-order chi connectivity index (χ1) is 15.6. The fraction of sp³-hybridized carbons (Fsp3) is 0.600. The number of alkyl halides is 3. The Bertz CT molecular complexity index is 1040. The molecule has 1 aliphatic heterocycles. The highest BCUT2D eigenvalue weighted by Crippen LogP contribution is 2.47. The molecule has 8 heteroatoms. The number of hydrogen-bond acceptors (Lipinski definition) is 4. The molecule has 0 radical (unpaired) electrons. The van der Waals surface area contributed by atoms with Gasteiger partial charge in [0, 0.05) is 47.1 Å². The second kappa shape index (κ2) is 8.21. The first kappa shape index (κ1) is 23.1. The molecule has 4 nitrogen and oxygen atoms in total. The first-order valence-corrected chi connectivity index (χ1v) is 12.2. The molecule has 33 heavy (non-hydrogen) atoms. The van der Waals surface area contributed by atoms with Crippen LogP contribution in [0.5, 0.6) is 0 Å². The highest BCUT2D eigenvalue weighted by molar-refractivity contribution is 6.30. The summed E-state index contributed by atoms with van der Waals surface area (Å²) in [6, 6.07) is 7.97. The minimum absolute atomic E-state index is 0.0833. The molecule has 0 spiro atoms. The third-order valence-corrected chi connectivity index (χ3v) is 8.40. The van der Waals surface area contributed by atoms with Crippen LogP contribution in [0.2, 0.25) is 5.02 Å². The van der Waals surface area contributed by atoms with Gasteiger partial charge < -0.3 is 5.73 Å². The van der Waals surface area contributed by atoms with Gasteiger partial charge in [0.25, 0.3) is 0 Å². The molecule has 2 aromatic rings. The highest BCUT2D eigenvalue weighted by Gasteiger charge is 2.46. The van der Waals surface area contributed by atoms with Crippen molar-refractivity contribution in [3.8, 4) is 0 Å². The van der Waals surface area contributed by atoms with E-state index in [1.54, 1.807) is 0 Å². The first-order valence-electron chi connectivity index (χ1n) is 11.8. The average Bonchev–Trinajstić information content (AvgIpc) is 3.64. The van der Waals surface area contributed by atoms with E-state index in [9.17, 15) is 13.2 Å². The molecule has 5 rings (SSSR count). The second-order valence-corrected chi connectivity index (χ2v) is 10.7. The van der Waals surface area contributed by atoms with Gasteiger partial charge in [0.2, 0.25) is 0 Å². The number of halogens is 4. The Kier molecular flexibility index (Phi) is 5.73. The molecule has 0 unspecified atom stereocenters. The molecule has 2 saturated carbocycles. The van der Waals surface area contributed by atoms with Gasteiger partial charge in [-0.15, -0.1) is 0 Å². The minimum atomic E-state index is -4.44. The van der Waals surface area contributed by atoms with Crippen LogP contribution < -0.4 is 5.73 Å². The summed E-state index contributed by atoms with van der Waals surface area (Å²) in [6.45, 7) is 3.83. The number of hydrogen-bond donors (Lipinski definition) is 1. The number of aromatic nitrogens is 2. The second-order valence-electron chi connectivity index (χ2n) is 10.3. The van der Waals surface area contributed by atoms with Gasteiger partial charge >= 0.3 is 6.18 Å². The van der Waals surface area contributed by atoms with Crippen LogP contribution in [-0.2, 0) is 24.6 Å². The lowest BCUT2D eigenvalue weighted by molar-refractivity contribution is -0.142. The van der Waals surface area contributed by atoms with E-state index in [-0.39, 0.29) is 22.4 Å².